The van der Waals surface area contributed by atoms with Gasteiger partial charge in [0.05, 0.1) is 12.1 Å². The molecule has 8 heteroatoms. The van der Waals surface area contributed by atoms with Gasteiger partial charge in [-0.05, 0) is 48.9 Å². The fourth-order valence-corrected chi connectivity index (χ4v) is 3.22. The maximum absolute atomic E-state index is 12.4. The third-order valence-electron chi connectivity index (χ3n) is 3.70. The van der Waals surface area contributed by atoms with Crippen molar-refractivity contribution in [2.75, 3.05) is 11.4 Å². The monoisotopic (exact) mass is 350 g/mol. The van der Waals surface area contributed by atoms with E-state index in [4.69, 9.17) is 5.11 Å². The molecule has 1 aliphatic heterocycles. The van der Waals surface area contributed by atoms with Crippen molar-refractivity contribution in [3.63, 3.8) is 0 Å². The van der Waals surface area contributed by atoms with E-state index < -0.39 is 28.3 Å². The Morgan fingerprint density at radius 3 is 2.58 bits per heavy atom. The Hall–Kier alpha value is -2.35. The molecule has 0 aliphatic carbocycles. The fourth-order valence-electron chi connectivity index (χ4n) is 2.23. The molecule has 2 rings (SSSR count). The lowest BCUT2D eigenvalue weighted by atomic mass is 10.1. The van der Waals surface area contributed by atoms with Crippen molar-refractivity contribution in [1.29, 1.82) is 0 Å². The number of carbonyl (C=O) groups excluding carboxylic acids is 3. The summed E-state index contributed by atoms with van der Waals surface area (Å²) in [5, 5.41) is 9.76. The molecule has 1 aliphatic rings. The van der Waals surface area contributed by atoms with E-state index in [1.54, 1.807) is 12.1 Å². The fraction of sp³-hybridized carbons (Fsp3) is 0.375. The van der Waals surface area contributed by atoms with Crippen LogP contribution < -0.4 is 10.2 Å². The molecule has 1 saturated heterocycles. The highest BCUT2D eigenvalue weighted by atomic mass is 32.2. The van der Waals surface area contributed by atoms with Crippen molar-refractivity contribution >= 4 is 40.5 Å². The molecule has 1 aromatic rings. The molecule has 0 radical (unpaired) electrons. The molecule has 1 fully saturated rings. The summed E-state index contributed by atoms with van der Waals surface area (Å²) >= 11 is 0.815. The summed E-state index contributed by atoms with van der Waals surface area (Å²) in [4.78, 5) is 47.9. The topological polar surface area (TPSA) is 104 Å². The third-order valence-corrected chi connectivity index (χ3v) is 4.74. The second-order valence-electron chi connectivity index (χ2n) is 5.51. The van der Waals surface area contributed by atoms with Crippen molar-refractivity contribution in [2.45, 2.75) is 31.9 Å². The van der Waals surface area contributed by atoms with Gasteiger partial charge in [0, 0.05) is 13.0 Å². The summed E-state index contributed by atoms with van der Waals surface area (Å²) in [5.74, 6) is -1.89. The lowest BCUT2D eigenvalue weighted by molar-refractivity contribution is -0.137. The van der Waals surface area contributed by atoms with Gasteiger partial charge < -0.3 is 10.4 Å². The SMILES string of the molecule is Cc1ccc(N2C(=O)SC(CC(=O)NCCC(=O)O)C2=O)cc1C. The Kier molecular flexibility index (Phi) is 5.61. The number of nitrogens with one attached hydrogen (secondary N) is 1. The van der Waals surface area contributed by atoms with Crippen LogP contribution in [0.1, 0.15) is 24.0 Å². The minimum absolute atomic E-state index is 0.00540. The van der Waals surface area contributed by atoms with Gasteiger partial charge in [0.15, 0.2) is 0 Å². The van der Waals surface area contributed by atoms with E-state index in [9.17, 15) is 19.2 Å². The van der Waals surface area contributed by atoms with Crippen LogP contribution in [0, 0.1) is 13.8 Å². The maximum Gasteiger partial charge on any atom is 0.305 e. The second-order valence-corrected chi connectivity index (χ2v) is 6.67. The van der Waals surface area contributed by atoms with Gasteiger partial charge in [-0.1, -0.05) is 6.07 Å². The zero-order valence-corrected chi connectivity index (χ0v) is 14.2. The molecule has 0 bridgehead atoms. The normalized spacial score (nSPS) is 17.2. The molecule has 0 spiro atoms. The lowest BCUT2D eigenvalue weighted by Gasteiger charge is -2.15. The standard InChI is InChI=1S/C16H18N2O5S/c1-9-3-4-11(7-10(9)2)18-15(22)12(24-16(18)23)8-13(19)17-6-5-14(20)21/h3-4,7,12H,5-6,8H2,1-2H3,(H,17,19)(H,20,21). The first kappa shape index (κ1) is 18.0. The van der Waals surface area contributed by atoms with Gasteiger partial charge in [0.25, 0.3) is 5.24 Å². The number of nitrogens with zero attached hydrogens (tertiary/aromatic N) is 1. The highest BCUT2D eigenvalue weighted by Gasteiger charge is 2.41. The van der Waals surface area contributed by atoms with Crippen LogP contribution in [-0.4, -0.2) is 39.9 Å². The van der Waals surface area contributed by atoms with Crippen LogP contribution >= 0.6 is 11.8 Å². The third kappa shape index (κ3) is 4.14. The van der Waals surface area contributed by atoms with Gasteiger partial charge in [0.1, 0.15) is 5.25 Å². The van der Waals surface area contributed by atoms with Crippen molar-refractivity contribution < 1.29 is 24.3 Å². The molecule has 24 heavy (non-hydrogen) atoms. The Morgan fingerprint density at radius 2 is 1.96 bits per heavy atom. The van der Waals surface area contributed by atoms with E-state index in [1.165, 1.54) is 0 Å². The number of carboxylic acids is 1. The number of anilines is 1. The number of carboxylic acid groups (broad SMARTS) is 1. The first-order chi connectivity index (χ1) is 11.3. The number of rotatable bonds is 6. The molecule has 0 saturated carbocycles. The second kappa shape index (κ2) is 7.48. The van der Waals surface area contributed by atoms with E-state index in [0.29, 0.717) is 5.69 Å². The minimum Gasteiger partial charge on any atom is -0.481 e. The zero-order valence-electron chi connectivity index (χ0n) is 13.4. The number of hydrogen-bond donors (Lipinski definition) is 2. The van der Waals surface area contributed by atoms with E-state index in [1.807, 2.05) is 19.9 Å². The molecule has 2 N–H and O–H groups in total. The lowest BCUT2D eigenvalue weighted by Crippen LogP contribution is -2.35. The van der Waals surface area contributed by atoms with Crippen LogP contribution in [0.4, 0.5) is 10.5 Å². The van der Waals surface area contributed by atoms with Crippen LogP contribution in [-0.2, 0) is 14.4 Å². The Labute approximate surface area is 143 Å². The number of aryl methyl sites for hydroxylation is 2. The predicted octanol–water partition coefficient (Wildman–Crippen LogP) is 1.85. The Balaban J connectivity index is 2.02. The molecule has 1 atom stereocenters. The number of benzene rings is 1. The zero-order chi connectivity index (χ0) is 17.9. The van der Waals surface area contributed by atoms with Gasteiger partial charge in [-0.2, -0.15) is 0 Å². The number of amides is 3. The summed E-state index contributed by atoms with van der Waals surface area (Å²) in [6.45, 7) is 3.82. The van der Waals surface area contributed by atoms with Gasteiger partial charge in [-0.15, -0.1) is 0 Å². The van der Waals surface area contributed by atoms with E-state index >= 15 is 0 Å². The highest BCUT2D eigenvalue weighted by Crippen LogP contribution is 2.34. The molecule has 7 nitrogen and oxygen atoms in total. The molecular weight excluding hydrogens is 332 g/mol. The Bertz CT molecular complexity index is 704. The van der Waals surface area contributed by atoms with Gasteiger partial charge >= 0.3 is 5.97 Å². The van der Waals surface area contributed by atoms with E-state index in [0.717, 1.165) is 27.8 Å². The van der Waals surface area contributed by atoms with Crippen LogP contribution in [0.2, 0.25) is 0 Å². The molecule has 1 aromatic carbocycles. The summed E-state index contributed by atoms with van der Waals surface area (Å²) in [7, 11) is 0. The van der Waals surface area contributed by atoms with E-state index in [-0.39, 0.29) is 19.4 Å². The van der Waals surface area contributed by atoms with Crippen LogP contribution in [0.3, 0.4) is 0 Å². The largest absolute Gasteiger partial charge is 0.481 e. The van der Waals surface area contributed by atoms with Crippen molar-refractivity contribution in [3.8, 4) is 0 Å². The van der Waals surface area contributed by atoms with Crippen molar-refractivity contribution in [1.82, 2.24) is 5.32 Å². The van der Waals surface area contributed by atoms with Crippen LogP contribution in [0.25, 0.3) is 0 Å². The van der Waals surface area contributed by atoms with E-state index in [2.05, 4.69) is 5.32 Å². The summed E-state index contributed by atoms with van der Waals surface area (Å²) < 4.78 is 0. The van der Waals surface area contributed by atoms with Crippen molar-refractivity contribution in [3.05, 3.63) is 29.3 Å². The quantitative estimate of drug-likeness (QED) is 0.811. The number of imide groups is 1. The van der Waals surface area contributed by atoms with Gasteiger partial charge in [0.2, 0.25) is 11.8 Å². The first-order valence-corrected chi connectivity index (χ1v) is 8.28. The molecule has 0 aromatic heterocycles. The van der Waals surface area contributed by atoms with Gasteiger partial charge in [-0.25, -0.2) is 4.90 Å². The number of thioether (sulfide) groups is 1. The summed E-state index contributed by atoms with van der Waals surface area (Å²) in [6.07, 6.45) is -0.346. The first-order valence-electron chi connectivity index (χ1n) is 7.40. The molecule has 128 valence electrons. The maximum atomic E-state index is 12.4. The molecular formula is C16H18N2O5S. The van der Waals surface area contributed by atoms with Gasteiger partial charge in [-0.3, -0.25) is 19.2 Å². The number of aliphatic carboxylic acids is 1. The van der Waals surface area contributed by atoms with Crippen molar-refractivity contribution in [2.24, 2.45) is 0 Å². The number of carbonyl (C=O) groups is 4. The average molecular weight is 350 g/mol. The average Bonchev–Trinajstić information content (AvgIpc) is 2.76. The molecule has 3 amide bonds. The minimum atomic E-state index is -1.02. The van der Waals surface area contributed by atoms with Crippen LogP contribution in [0.5, 0.6) is 0 Å². The predicted molar refractivity (Wildman–Crippen MR) is 90.1 cm³/mol. The smallest absolute Gasteiger partial charge is 0.305 e. The summed E-state index contributed by atoms with van der Waals surface area (Å²) in [6, 6.07) is 5.30. The van der Waals surface area contributed by atoms with Crippen LogP contribution in [0.15, 0.2) is 18.2 Å². The molecule has 1 heterocycles. The Morgan fingerprint density at radius 1 is 1.25 bits per heavy atom. The number of hydrogen-bond acceptors (Lipinski definition) is 5. The highest BCUT2D eigenvalue weighted by molar-refractivity contribution is 8.15. The molecule has 1 unspecified atom stereocenters. The summed E-state index contributed by atoms with van der Waals surface area (Å²) in [5.41, 5.74) is 2.52.